The van der Waals surface area contributed by atoms with Crippen molar-refractivity contribution in [2.24, 2.45) is 0 Å². The summed E-state index contributed by atoms with van der Waals surface area (Å²) in [5, 5.41) is 3.71. The molecular weight excluding hydrogens is 609 g/mol. The van der Waals surface area contributed by atoms with E-state index in [0.717, 1.165) is 47.7 Å². The van der Waals surface area contributed by atoms with Crippen molar-refractivity contribution in [3.8, 4) is 45.1 Å². The van der Waals surface area contributed by atoms with Crippen molar-refractivity contribution in [3.63, 3.8) is 0 Å². The number of para-hydroxylation sites is 2. The molecular formula is C46H34N4. The fourth-order valence-electron chi connectivity index (χ4n) is 7.98. The van der Waals surface area contributed by atoms with Gasteiger partial charge in [-0.25, -0.2) is 9.97 Å². The van der Waals surface area contributed by atoms with Gasteiger partial charge in [0.1, 0.15) is 0 Å². The molecule has 0 aliphatic heterocycles. The van der Waals surface area contributed by atoms with Gasteiger partial charge in [0.2, 0.25) is 0 Å². The lowest BCUT2D eigenvalue weighted by molar-refractivity contribution is 0.665. The number of nitrogens with zero attached hydrogens (tertiary/aromatic N) is 4. The van der Waals surface area contributed by atoms with Gasteiger partial charge in [-0.3, -0.25) is 0 Å². The van der Waals surface area contributed by atoms with E-state index in [9.17, 15) is 0 Å². The molecule has 0 spiro atoms. The second kappa shape index (κ2) is 11.7. The second-order valence-corrected chi connectivity index (χ2v) is 13.3. The summed E-state index contributed by atoms with van der Waals surface area (Å²) in [7, 11) is 0. The van der Waals surface area contributed by atoms with Gasteiger partial charge in [-0.05, 0) is 85.3 Å². The highest BCUT2D eigenvalue weighted by molar-refractivity contribution is 6.13. The van der Waals surface area contributed by atoms with Crippen molar-refractivity contribution >= 4 is 32.7 Å². The van der Waals surface area contributed by atoms with Crippen molar-refractivity contribution in [2.75, 3.05) is 0 Å². The third-order valence-electron chi connectivity index (χ3n) is 10.3. The van der Waals surface area contributed by atoms with Gasteiger partial charge in [-0.2, -0.15) is 0 Å². The highest BCUT2D eigenvalue weighted by Crippen LogP contribution is 2.39. The van der Waals surface area contributed by atoms with Crippen molar-refractivity contribution in [3.05, 3.63) is 169 Å². The Bertz CT molecular complexity index is 2700. The van der Waals surface area contributed by atoms with Crippen LogP contribution in [0.5, 0.6) is 0 Å². The zero-order chi connectivity index (χ0) is 33.0. The standard InChI is InChI=1S/C46H34N4/c1-3-14-31(15-4-1)36-20-7-8-22-38(36)45-39-23-9-11-24-41(39)47-46(48-45)33-16-13-19-35(28-33)50-42-25-12-10-21-37(42)40-29-32-26-27-49(43(32)30-44(40)50)34-17-5-2-6-18-34/h1-8,10,12-22,25-30H,9,11,23-24H2. The summed E-state index contributed by atoms with van der Waals surface area (Å²) in [6.45, 7) is 0. The van der Waals surface area contributed by atoms with Crippen LogP contribution in [0.1, 0.15) is 24.1 Å². The molecule has 3 aromatic heterocycles. The van der Waals surface area contributed by atoms with E-state index < -0.39 is 0 Å². The fourth-order valence-corrected chi connectivity index (χ4v) is 7.98. The maximum absolute atomic E-state index is 5.42. The Morgan fingerprint density at radius 3 is 2.08 bits per heavy atom. The van der Waals surface area contributed by atoms with E-state index in [4.69, 9.17) is 9.97 Å². The van der Waals surface area contributed by atoms with Gasteiger partial charge >= 0.3 is 0 Å². The normalized spacial score (nSPS) is 12.9. The predicted octanol–water partition coefficient (Wildman–Crippen LogP) is 11.4. The quantitative estimate of drug-likeness (QED) is 0.187. The maximum Gasteiger partial charge on any atom is 0.160 e. The second-order valence-electron chi connectivity index (χ2n) is 13.3. The number of aromatic nitrogens is 4. The monoisotopic (exact) mass is 642 g/mol. The summed E-state index contributed by atoms with van der Waals surface area (Å²) in [5.74, 6) is 0.784. The van der Waals surface area contributed by atoms with Crippen LogP contribution in [0.3, 0.4) is 0 Å². The Hall–Kier alpha value is -6.26. The summed E-state index contributed by atoms with van der Waals surface area (Å²) in [5.41, 5.74) is 13.9. The van der Waals surface area contributed by atoms with Crippen molar-refractivity contribution in [1.82, 2.24) is 19.1 Å². The number of aryl methyl sites for hydroxylation is 1. The zero-order valence-electron chi connectivity index (χ0n) is 27.6. The molecule has 0 amide bonds. The van der Waals surface area contributed by atoms with Crippen molar-refractivity contribution in [1.29, 1.82) is 0 Å². The first-order valence-corrected chi connectivity index (χ1v) is 17.6. The summed E-state index contributed by atoms with van der Waals surface area (Å²) in [6.07, 6.45) is 6.49. The lowest BCUT2D eigenvalue weighted by Crippen LogP contribution is -2.11. The van der Waals surface area contributed by atoms with E-state index >= 15 is 0 Å². The Labute approximate surface area is 290 Å². The molecule has 0 radical (unpaired) electrons. The minimum absolute atomic E-state index is 0.784. The van der Waals surface area contributed by atoms with Gasteiger partial charge < -0.3 is 9.13 Å². The molecule has 3 heterocycles. The number of rotatable bonds is 5. The van der Waals surface area contributed by atoms with Crippen LogP contribution in [0.25, 0.3) is 77.9 Å². The van der Waals surface area contributed by atoms with E-state index in [1.165, 1.54) is 67.1 Å². The van der Waals surface area contributed by atoms with Crippen molar-refractivity contribution in [2.45, 2.75) is 25.7 Å². The predicted molar refractivity (Wildman–Crippen MR) is 206 cm³/mol. The number of benzene rings is 6. The van der Waals surface area contributed by atoms with Crippen LogP contribution in [-0.2, 0) is 12.8 Å². The Kier molecular flexibility index (Phi) is 6.73. The van der Waals surface area contributed by atoms with Crippen LogP contribution >= 0.6 is 0 Å². The van der Waals surface area contributed by atoms with Crippen LogP contribution in [0.2, 0.25) is 0 Å². The highest BCUT2D eigenvalue weighted by Gasteiger charge is 2.22. The number of hydrogen-bond acceptors (Lipinski definition) is 2. The minimum atomic E-state index is 0.784. The van der Waals surface area contributed by atoms with Crippen LogP contribution in [0, 0.1) is 0 Å². The third-order valence-corrected chi connectivity index (χ3v) is 10.3. The first kappa shape index (κ1) is 28.7. The minimum Gasteiger partial charge on any atom is -0.316 e. The SMILES string of the molecule is c1ccc(-c2ccccc2-c2nc(-c3cccc(-n4c5ccccc5c5cc6ccn(-c7ccccc7)c6cc54)c3)nc3c2CCCC3)cc1. The molecule has 0 bridgehead atoms. The lowest BCUT2D eigenvalue weighted by atomic mass is 9.89. The summed E-state index contributed by atoms with van der Waals surface area (Å²) in [4.78, 5) is 10.7. The first-order chi connectivity index (χ1) is 24.8. The molecule has 1 aliphatic rings. The van der Waals surface area contributed by atoms with Crippen LogP contribution in [0.15, 0.2) is 158 Å². The summed E-state index contributed by atoms with van der Waals surface area (Å²) >= 11 is 0. The molecule has 0 unspecified atom stereocenters. The molecule has 0 fully saturated rings. The smallest absolute Gasteiger partial charge is 0.160 e. The van der Waals surface area contributed by atoms with Gasteiger partial charge in [-0.15, -0.1) is 0 Å². The average Bonchev–Trinajstić information content (AvgIpc) is 3.76. The topological polar surface area (TPSA) is 35.6 Å². The fraction of sp³-hybridized carbons (Fsp3) is 0.0870. The zero-order valence-corrected chi connectivity index (χ0v) is 27.6. The molecule has 0 saturated heterocycles. The Morgan fingerprint density at radius 1 is 0.480 bits per heavy atom. The largest absolute Gasteiger partial charge is 0.316 e. The molecule has 1 aliphatic carbocycles. The molecule has 50 heavy (non-hydrogen) atoms. The van der Waals surface area contributed by atoms with E-state index in [1.807, 2.05) is 0 Å². The van der Waals surface area contributed by atoms with Crippen LogP contribution < -0.4 is 0 Å². The summed E-state index contributed by atoms with van der Waals surface area (Å²) < 4.78 is 4.68. The number of fused-ring (bicyclic) bond motifs is 5. The molecule has 0 N–H and O–H groups in total. The molecule has 4 heteroatoms. The lowest BCUT2D eigenvalue weighted by Gasteiger charge is -2.21. The van der Waals surface area contributed by atoms with Gasteiger partial charge in [0.05, 0.1) is 22.2 Å². The maximum atomic E-state index is 5.42. The molecule has 0 saturated carbocycles. The molecule has 4 nitrogen and oxygen atoms in total. The van der Waals surface area contributed by atoms with Crippen LogP contribution in [-0.4, -0.2) is 19.1 Å². The molecule has 238 valence electrons. The van der Waals surface area contributed by atoms with Crippen molar-refractivity contribution < 1.29 is 0 Å². The van der Waals surface area contributed by atoms with Crippen LogP contribution in [0.4, 0.5) is 0 Å². The van der Waals surface area contributed by atoms with Gasteiger partial charge in [-0.1, -0.05) is 103 Å². The molecule has 6 aromatic carbocycles. The Morgan fingerprint density at radius 2 is 1.20 bits per heavy atom. The third kappa shape index (κ3) is 4.67. The van der Waals surface area contributed by atoms with E-state index in [2.05, 4.69) is 167 Å². The van der Waals surface area contributed by atoms with E-state index in [0.29, 0.717) is 0 Å². The highest BCUT2D eigenvalue weighted by atomic mass is 15.0. The van der Waals surface area contributed by atoms with E-state index in [-0.39, 0.29) is 0 Å². The first-order valence-electron chi connectivity index (χ1n) is 17.6. The molecule has 10 rings (SSSR count). The van der Waals surface area contributed by atoms with Gasteiger partial charge in [0.25, 0.3) is 0 Å². The average molecular weight is 643 g/mol. The summed E-state index contributed by atoms with van der Waals surface area (Å²) in [6, 6.07) is 54.4. The van der Waals surface area contributed by atoms with Gasteiger partial charge in [0, 0.05) is 56.1 Å². The van der Waals surface area contributed by atoms with E-state index in [1.54, 1.807) is 0 Å². The number of hydrogen-bond donors (Lipinski definition) is 0. The molecule has 9 aromatic rings. The molecule has 0 atom stereocenters. The van der Waals surface area contributed by atoms with Gasteiger partial charge in [0.15, 0.2) is 5.82 Å². The Balaban J connectivity index is 1.17.